The summed E-state index contributed by atoms with van der Waals surface area (Å²) in [4.78, 5) is 36.7. The minimum Gasteiger partial charge on any atom is -0.348 e. The van der Waals surface area contributed by atoms with Crippen LogP contribution in [0, 0.1) is 5.82 Å². The fourth-order valence-corrected chi connectivity index (χ4v) is 2.87. The van der Waals surface area contributed by atoms with Gasteiger partial charge in [0.15, 0.2) is 0 Å². The third-order valence-electron chi connectivity index (χ3n) is 4.12. The third-order valence-corrected chi connectivity index (χ3v) is 4.12. The second-order valence-electron chi connectivity index (χ2n) is 5.95. The summed E-state index contributed by atoms with van der Waals surface area (Å²) in [6.45, 7) is 0.0980. The van der Waals surface area contributed by atoms with Crippen molar-refractivity contribution < 1.29 is 14.0 Å². The number of aromatic nitrogens is 5. The van der Waals surface area contributed by atoms with Crippen molar-refractivity contribution in [1.82, 2.24) is 30.5 Å². The van der Waals surface area contributed by atoms with Crippen molar-refractivity contribution in [2.45, 2.75) is 18.9 Å². The molecule has 0 radical (unpaired) electrons. The number of hydrogen-bond acceptors (Lipinski definition) is 6. The van der Waals surface area contributed by atoms with Gasteiger partial charge >= 0.3 is 0 Å². The lowest BCUT2D eigenvalue weighted by Crippen LogP contribution is -2.35. The van der Waals surface area contributed by atoms with Crippen molar-refractivity contribution in [2.24, 2.45) is 0 Å². The maximum atomic E-state index is 13.4. The summed E-state index contributed by atoms with van der Waals surface area (Å²) >= 11 is 0. The van der Waals surface area contributed by atoms with Crippen molar-refractivity contribution in [3.8, 4) is 11.5 Å². The van der Waals surface area contributed by atoms with Crippen LogP contribution in [0.25, 0.3) is 11.5 Å². The summed E-state index contributed by atoms with van der Waals surface area (Å²) < 4.78 is 13.4. The summed E-state index contributed by atoms with van der Waals surface area (Å²) in [5.74, 6) is -1.06. The van der Waals surface area contributed by atoms with Crippen molar-refractivity contribution in [3.05, 3.63) is 54.0 Å². The number of halogens is 1. The Kier molecular flexibility index (Phi) is 4.29. The molecule has 4 rings (SSSR count). The van der Waals surface area contributed by atoms with Gasteiger partial charge < -0.3 is 10.6 Å². The van der Waals surface area contributed by atoms with Crippen LogP contribution >= 0.6 is 0 Å². The number of benzene rings is 1. The summed E-state index contributed by atoms with van der Waals surface area (Å²) in [6.07, 6.45) is 4.59. The first kappa shape index (κ1) is 16.8. The van der Waals surface area contributed by atoms with Gasteiger partial charge in [0.1, 0.15) is 17.3 Å². The Morgan fingerprint density at radius 2 is 2.22 bits per heavy atom. The second-order valence-corrected chi connectivity index (χ2v) is 5.95. The van der Waals surface area contributed by atoms with E-state index in [2.05, 4.69) is 35.8 Å². The first-order valence-corrected chi connectivity index (χ1v) is 8.15. The maximum absolute atomic E-state index is 13.4. The molecule has 0 fully saturated rings. The monoisotopic (exact) mass is 367 g/mol. The molecule has 27 heavy (non-hydrogen) atoms. The molecule has 1 aromatic carbocycles. The number of rotatable bonds is 4. The highest BCUT2D eigenvalue weighted by molar-refractivity contribution is 6.01. The third kappa shape index (κ3) is 3.50. The van der Waals surface area contributed by atoms with E-state index in [-0.39, 0.29) is 24.8 Å². The summed E-state index contributed by atoms with van der Waals surface area (Å²) in [6, 6.07) is 3.98. The number of amides is 2. The van der Waals surface area contributed by atoms with Crippen LogP contribution in [0.3, 0.4) is 0 Å². The number of aromatic amines is 1. The molecule has 2 amide bonds. The number of anilines is 1. The molecule has 9 nitrogen and oxygen atoms in total. The summed E-state index contributed by atoms with van der Waals surface area (Å²) in [5.41, 5.74) is 1.40. The highest BCUT2D eigenvalue weighted by Gasteiger charge is 2.30. The van der Waals surface area contributed by atoms with Gasteiger partial charge in [-0.05, 0) is 17.7 Å². The number of carbonyl (C=O) groups excluding carboxylic acids is 2. The molecule has 1 atom stereocenters. The van der Waals surface area contributed by atoms with Crippen molar-refractivity contribution in [2.75, 3.05) is 5.32 Å². The molecule has 1 aliphatic rings. The van der Waals surface area contributed by atoms with E-state index in [0.717, 1.165) is 0 Å². The predicted molar refractivity (Wildman–Crippen MR) is 91.6 cm³/mol. The van der Waals surface area contributed by atoms with E-state index in [1.807, 2.05) is 0 Å². The second kappa shape index (κ2) is 6.90. The molecule has 3 aromatic rings. The van der Waals surface area contributed by atoms with Gasteiger partial charge in [-0.15, -0.1) is 0 Å². The number of H-pyrrole nitrogens is 1. The average molecular weight is 367 g/mol. The Morgan fingerprint density at radius 1 is 1.33 bits per heavy atom. The lowest BCUT2D eigenvalue weighted by Gasteiger charge is -2.24. The zero-order valence-electron chi connectivity index (χ0n) is 13.9. The molecule has 0 spiro atoms. The molecule has 3 heterocycles. The number of carbonyl (C=O) groups is 2. The number of fused-ring (bicyclic) bond motifs is 1. The molecule has 10 heteroatoms. The standard InChI is InChI=1S/C17H14FN7O2/c18-9-1-2-10-11(6-15(26)22-12(10)5-9)17(27)21-8-14-23-16(25-24-14)13-7-19-3-4-20-13/h1-5,7,11H,6,8H2,(H,21,27)(H,22,26)(H,23,24,25)/t11-/m1/s1. The first-order chi connectivity index (χ1) is 13.1. The first-order valence-electron chi connectivity index (χ1n) is 8.15. The zero-order valence-corrected chi connectivity index (χ0v) is 13.9. The Morgan fingerprint density at radius 3 is 3.04 bits per heavy atom. The number of nitrogens with zero attached hydrogens (tertiary/aromatic N) is 4. The lowest BCUT2D eigenvalue weighted by atomic mass is 9.89. The van der Waals surface area contributed by atoms with Crippen LogP contribution in [0.4, 0.5) is 10.1 Å². The summed E-state index contributed by atoms with van der Waals surface area (Å²) in [7, 11) is 0. The molecule has 136 valence electrons. The molecule has 2 aromatic heterocycles. The van der Waals surface area contributed by atoms with Crippen LogP contribution < -0.4 is 10.6 Å². The Bertz CT molecular complexity index is 1010. The smallest absolute Gasteiger partial charge is 0.228 e. The molecule has 0 unspecified atom stereocenters. The Labute approximate surface area is 152 Å². The molecule has 0 aliphatic carbocycles. The van der Waals surface area contributed by atoms with Crippen molar-refractivity contribution in [3.63, 3.8) is 0 Å². The Hall–Kier alpha value is -3.69. The van der Waals surface area contributed by atoms with Gasteiger partial charge in [0, 0.05) is 24.5 Å². The highest BCUT2D eigenvalue weighted by atomic mass is 19.1. The number of nitrogens with one attached hydrogen (secondary N) is 3. The van der Waals surface area contributed by atoms with Crippen LogP contribution in [0.15, 0.2) is 36.8 Å². The van der Waals surface area contributed by atoms with Gasteiger partial charge in [0.25, 0.3) is 0 Å². The normalized spacial score (nSPS) is 15.7. The maximum Gasteiger partial charge on any atom is 0.228 e. The largest absolute Gasteiger partial charge is 0.348 e. The van der Waals surface area contributed by atoms with Crippen molar-refractivity contribution in [1.29, 1.82) is 0 Å². The topological polar surface area (TPSA) is 126 Å². The molecular formula is C17H14FN7O2. The van der Waals surface area contributed by atoms with Gasteiger partial charge in [-0.3, -0.25) is 19.7 Å². The fraction of sp³-hybridized carbons (Fsp3) is 0.176. The van der Waals surface area contributed by atoms with E-state index in [1.54, 1.807) is 6.20 Å². The molecule has 1 aliphatic heterocycles. The summed E-state index contributed by atoms with van der Waals surface area (Å²) in [5, 5.41) is 12.1. The lowest BCUT2D eigenvalue weighted by molar-refractivity contribution is -0.126. The van der Waals surface area contributed by atoms with Gasteiger partial charge in [-0.25, -0.2) is 14.4 Å². The molecule has 0 saturated carbocycles. The molecule has 0 saturated heterocycles. The fourth-order valence-electron chi connectivity index (χ4n) is 2.87. The van der Waals surface area contributed by atoms with Crippen LogP contribution in [-0.2, 0) is 16.1 Å². The number of hydrogen-bond donors (Lipinski definition) is 3. The minimum absolute atomic E-state index is 0.00821. The van der Waals surface area contributed by atoms with Crippen molar-refractivity contribution >= 4 is 17.5 Å². The molecular weight excluding hydrogens is 353 g/mol. The molecule has 0 bridgehead atoms. The van der Waals surface area contributed by atoms with E-state index in [4.69, 9.17) is 0 Å². The highest BCUT2D eigenvalue weighted by Crippen LogP contribution is 2.32. The van der Waals surface area contributed by atoms with E-state index in [9.17, 15) is 14.0 Å². The van der Waals surface area contributed by atoms with Crippen LogP contribution in [0.2, 0.25) is 0 Å². The molecule has 3 N–H and O–H groups in total. The zero-order chi connectivity index (χ0) is 18.8. The van der Waals surface area contributed by atoms with Gasteiger partial charge in [-0.1, -0.05) is 6.07 Å². The Balaban J connectivity index is 1.46. The predicted octanol–water partition coefficient (Wildman–Crippen LogP) is 1.14. The van der Waals surface area contributed by atoms with Gasteiger partial charge in [0.05, 0.1) is 18.7 Å². The van der Waals surface area contributed by atoms with E-state index >= 15 is 0 Å². The van der Waals surface area contributed by atoms with Crippen LogP contribution in [0.5, 0.6) is 0 Å². The van der Waals surface area contributed by atoms with Crippen LogP contribution in [0.1, 0.15) is 23.7 Å². The van der Waals surface area contributed by atoms with Crippen LogP contribution in [-0.4, -0.2) is 37.0 Å². The average Bonchev–Trinajstić information content (AvgIpc) is 3.15. The van der Waals surface area contributed by atoms with Gasteiger partial charge in [-0.2, -0.15) is 5.10 Å². The SMILES string of the molecule is O=C1C[C@@H](C(=O)NCc2nc(-c3cnccn3)n[nH]2)c2ccc(F)cc2N1. The van der Waals surface area contributed by atoms with E-state index in [0.29, 0.717) is 28.6 Å². The quantitative estimate of drug-likeness (QED) is 0.635. The van der Waals surface area contributed by atoms with E-state index < -0.39 is 11.7 Å². The van der Waals surface area contributed by atoms with Gasteiger partial charge in [0.2, 0.25) is 17.6 Å². The minimum atomic E-state index is -0.697. The van der Waals surface area contributed by atoms with E-state index in [1.165, 1.54) is 30.6 Å².